The van der Waals surface area contributed by atoms with E-state index >= 15 is 0 Å². The summed E-state index contributed by atoms with van der Waals surface area (Å²) in [4.78, 5) is 35.7. The number of nitro benzene ring substituents is 1. The average molecular weight is 268 g/mol. The molecule has 0 unspecified atom stereocenters. The molecule has 98 valence electrons. The number of anilines is 1. The van der Waals surface area contributed by atoms with E-state index in [1.807, 2.05) is 0 Å². The summed E-state index contributed by atoms with van der Waals surface area (Å²) in [6, 6.07) is 12.1. The molecule has 0 aliphatic carbocycles. The van der Waals surface area contributed by atoms with Gasteiger partial charge >= 0.3 is 0 Å². The van der Waals surface area contributed by atoms with Crippen LogP contribution in [0.4, 0.5) is 11.4 Å². The Morgan fingerprint density at radius 3 is 2.20 bits per heavy atom. The third-order valence-corrected chi connectivity index (χ3v) is 3.10. The van der Waals surface area contributed by atoms with Gasteiger partial charge in [-0.15, -0.1) is 0 Å². The SMILES string of the molecule is O=C1c2ccc([N+](=O)[O-])cc2C(=O)N1c1ccccc1. The molecule has 0 spiro atoms. The summed E-state index contributed by atoms with van der Waals surface area (Å²) < 4.78 is 0. The second-order valence-electron chi connectivity index (χ2n) is 4.27. The molecule has 6 heteroatoms. The third-order valence-electron chi connectivity index (χ3n) is 3.10. The van der Waals surface area contributed by atoms with Crippen LogP contribution in [0.1, 0.15) is 20.7 Å². The van der Waals surface area contributed by atoms with E-state index in [0.29, 0.717) is 5.69 Å². The molecular weight excluding hydrogens is 260 g/mol. The minimum absolute atomic E-state index is 0.0630. The minimum atomic E-state index is -0.594. The average Bonchev–Trinajstić information content (AvgIpc) is 2.71. The number of hydrogen-bond acceptors (Lipinski definition) is 4. The van der Waals surface area contributed by atoms with Gasteiger partial charge in [0.15, 0.2) is 0 Å². The minimum Gasteiger partial charge on any atom is -0.268 e. The molecule has 3 rings (SSSR count). The molecule has 0 N–H and O–H groups in total. The van der Waals surface area contributed by atoms with E-state index < -0.39 is 16.7 Å². The van der Waals surface area contributed by atoms with Gasteiger partial charge in [0, 0.05) is 12.1 Å². The number of benzene rings is 2. The third kappa shape index (κ3) is 1.66. The Hall–Kier alpha value is -3.02. The Bertz CT molecular complexity index is 740. The van der Waals surface area contributed by atoms with Crippen molar-refractivity contribution in [3.63, 3.8) is 0 Å². The summed E-state index contributed by atoms with van der Waals surface area (Å²) in [5.41, 5.74) is 0.485. The smallest absolute Gasteiger partial charge is 0.268 e. The van der Waals surface area contributed by atoms with E-state index in [2.05, 4.69) is 0 Å². The van der Waals surface area contributed by atoms with Crippen molar-refractivity contribution in [1.29, 1.82) is 0 Å². The van der Waals surface area contributed by atoms with Gasteiger partial charge in [-0.05, 0) is 18.2 Å². The molecule has 2 aromatic rings. The number of rotatable bonds is 2. The van der Waals surface area contributed by atoms with Crippen LogP contribution in [0.5, 0.6) is 0 Å². The van der Waals surface area contributed by atoms with Crippen LogP contribution < -0.4 is 4.90 Å². The van der Waals surface area contributed by atoms with Crippen molar-refractivity contribution in [3.05, 3.63) is 69.8 Å². The van der Waals surface area contributed by atoms with Crippen molar-refractivity contribution in [3.8, 4) is 0 Å². The lowest BCUT2D eigenvalue weighted by Crippen LogP contribution is -2.29. The van der Waals surface area contributed by atoms with Crippen LogP contribution in [0.25, 0.3) is 0 Å². The predicted octanol–water partition coefficient (Wildman–Crippen LogP) is 2.40. The number of non-ortho nitro benzene ring substituents is 1. The molecule has 0 bridgehead atoms. The van der Waals surface area contributed by atoms with E-state index in [-0.39, 0.29) is 16.8 Å². The Labute approximate surface area is 113 Å². The number of carbonyl (C=O) groups excluding carboxylic acids is 2. The lowest BCUT2D eigenvalue weighted by molar-refractivity contribution is -0.384. The summed E-state index contributed by atoms with van der Waals surface area (Å²) in [6.07, 6.45) is 0. The van der Waals surface area contributed by atoms with Crippen LogP contribution in [0.2, 0.25) is 0 Å². The summed E-state index contributed by atoms with van der Waals surface area (Å²) >= 11 is 0. The normalized spacial score (nSPS) is 13.5. The van der Waals surface area contributed by atoms with E-state index in [4.69, 9.17) is 0 Å². The molecule has 1 heterocycles. The lowest BCUT2D eigenvalue weighted by atomic mass is 10.1. The van der Waals surface area contributed by atoms with Crippen LogP contribution in [0, 0.1) is 10.1 Å². The largest absolute Gasteiger partial charge is 0.270 e. The number of imide groups is 1. The highest BCUT2D eigenvalue weighted by Gasteiger charge is 2.37. The number of amides is 2. The van der Waals surface area contributed by atoms with Gasteiger partial charge in [0.1, 0.15) is 0 Å². The quantitative estimate of drug-likeness (QED) is 0.476. The molecule has 0 atom stereocenters. The summed E-state index contributed by atoms with van der Waals surface area (Å²) in [5, 5.41) is 10.7. The van der Waals surface area contributed by atoms with E-state index in [0.717, 1.165) is 11.0 Å². The fourth-order valence-electron chi connectivity index (χ4n) is 2.15. The first-order valence-corrected chi connectivity index (χ1v) is 5.82. The van der Waals surface area contributed by atoms with Crippen LogP contribution in [0.15, 0.2) is 48.5 Å². The Morgan fingerprint density at radius 2 is 1.55 bits per heavy atom. The molecule has 0 saturated heterocycles. The zero-order valence-corrected chi connectivity index (χ0v) is 10.1. The van der Waals surface area contributed by atoms with Gasteiger partial charge in [-0.1, -0.05) is 18.2 Å². The molecular formula is C14H8N2O4. The first-order valence-electron chi connectivity index (χ1n) is 5.82. The maximum absolute atomic E-state index is 12.3. The molecule has 20 heavy (non-hydrogen) atoms. The molecule has 2 aromatic carbocycles. The highest BCUT2D eigenvalue weighted by Crippen LogP contribution is 2.30. The highest BCUT2D eigenvalue weighted by atomic mass is 16.6. The van der Waals surface area contributed by atoms with Crippen molar-refractivity contribution < 1.29 is 14.5 Å². The zero-order valence-electron chi connectivity index (χ0n) is 10.1. The first-order chi connectivity index (χ1) is 9.59. The van der Waals surface area contributed by atoms with Crippen molar-refractivity contribution in [2.24, 2.45) is 0 Å². The number of carbonyl (C=O) groups is 2. The number of para-hydroxylation sites is 1. The summed E-state index contributed by atoms with van der Waals surface area (Å²) in [6.45, 7) is 0. The number of hydrogen-bond donors (Lipinski definition) is 0. The van der Waals surface area contributed by atoms with Crippen LogP contribution in [0.3, 0.4) is 0 Å². The first kappa shape index (κ1) is 12.0. The van der Waals surface area contributed by atoms with E-state index in [1.54, 1.807) is 30.3 Å². The van der Waals surface area contributed by atoms with Gasteiger partial charge in [0.25, 0.3) is 17.5 Å². The topological polar surface area (TPSA) is 80.5 Å². The second-order valence-corrected chi connectivity index (χ2v) is 4.27. The van der Waals surface area contributed by atoms with Gasteiger partial charge in [0.05, 0.1) is 21.7 Å². The fraction of sp³-hybridized carbons (Fsp3) is 0. The predicted molar refractivity (Wildman–Crippen MR) is 70.7 cm³/mol. The molecule has 2 amide bonds. The Kier molecular flexibility index (Phi) is 2.57. The molecule has 0 aromatic heterocycles. The maximum Gasteiger partial charge on any atom is 0.270 e. The monoisotopic (exact) mass is 268 g/mol. The lowest BCUT2D eigenvalue weighted by Gasteiger charge is -2.13. The van der Waals surface area contributed by atoms with Crippen LogP contribution in [-0.4, -0.2) is 16.7 Å². The molecule has 1 aliphatic heterocycles. The van der Waals surface area contributed by atoms with Gasteiger partial charge in [-0.3, -0.25) is 19.7 Å². The summed E-state index contributed by atoms with van der Waals surface area (Å²) in [7, 11) is 0. The molecule has 0 radical (unpaired) electrons. The van der Waals surface area contributed by atoms with Crippen molar-refractivity contribution in [1.82, 2.24) is 0 Å². The number of nitrogens with zero attached hydrogens (tertiary/aromatic N) is 2. The maximum atomic E-state index is 12.3. The Balaban J connectivity index is 2.11. The summed E-state index contributed by atoms with van der Waals surface area (Å²) in [5.74, 6) is -1.01. The van der Waals surface area contributed by atoms with Gasteiger partial charge in [0.2, 0.25) is 0 Å². The van der Waals surface area contributed by atoms with Gasteiger partial charge in [-0.2, -0.15) is 0 Å². The van der Waals surface area contributed by atoms with Crippen molar-refractivity contribution in [2.45, 2.75) is 0 Å². The number of fused-ring (bicyclic) bond motifs is 1. The second kappa shape index (κ2) is 4.27. The van der Waals surface area contributed by atoms with E-state index in [1.165, 1.54) is 12.1 Å². The highest BCUT2D eigenvalue weighted by molar-refractivity contribution is 6.34. The van der Waals surface area contributed by atoms with Crippen LogP contribution in [-0.2, 0) is 0 Å². The van der Waals surface area contributed by atoms with Crippen molar-refractivity contribution in [2.75, 3.05) is 4.90 Å². The van der Waals surface area contributed by atoms with Crippen molar-refractivity contribution >= 4 is 23.2 Å². The Morgan fingerprint density at radius 1 is 0.900 bits per heavy atom. The standard InChI is InChI=1S/C14H8N2O4/c17-13-11-7-6-10(16(19)20)8-12(11)14(18)15(13)9-4-2-1-3-5-9/h1-8H. The zero-order chi connectivity index (χ0) is 14.3. The molecule has 0 fully saturated rings. The number of nitro groups is 1. The van der Waals surface area contributed by atoms with Crippen LogP contribution >= 0.6 is 0 Å². The molecule has 1 aliphatic rings. The van der Waals surface area contributed by atoms with E-state index in [9.17, 15) is 19.7 Å². The molecule has 6 nitrogen and oxygen atoms in total. The van der Waals surface area contributed by atoms with Gasteiger partial charge < -0.3 is 0 Å². The van der Waals surface area contributed by atoms with Gasteiger partial charge in [-0.25, -0.2) is 4.90 Å². The fourth-order valence-corrected chi connectivity index (χ4v) is 2.15. The molecule has 0 saturated carbocycles.